The van der Waals surface area contributed by atoms with E-state index >= 15 is 0 Å². The second-order valence-electron chi connectivity index (χ2n) is 8.32. The van der Waals surface area contributed by atoms with Crippen LogP contribution in [-0.4, -0.2) is 41.9 Å². The number of likely N-dealkylation sites (N-methyl/N-ethyl adjacent to an activating group) is 1. The maximum atomic E-state index is 12.8. The molecule has 0 unspecified atom stereocenters. The molecule has 0 aromatic heterocycles. The van der Waals surface area contributed by atoms with E-state index < -0.39 is 0 Å². The summed E-state index contributed by atoms with van der Waals surface area (Å²) < 4.78 is 0. The molecule has 0 bridgehead atoms. The molecule has 0 heterocycles. The third-order valence-electron chi connectivity index (χ3n) is 4.52. The SMILES string of the molecule is CCN(CC(=O)N[C@@H](Cc1ccccc1)c1ccccc1)CC(=O)NC(C)(C)C. The minimum absolute atomic E-state index is 0.0731. The van der Waals surface area contributed by atoms with Crippen molar-refractivity contribution in [3.05, 3.63) is 71.8 Å². The fraction of sp³-hybridized carbons (Fsp3) is 0.417. The number of hydrogen-bond acceptors (Lipinski definition) is 3. The van der Waals surface area contributed by atoms with Crippen LogP contribution in [0.15, 0.2) is 60.7 Å². The van der Waals surface area contributed by atoms with Gasteiger partial charge in [0.25, 0.3) is 0 Å². The van der Waals surface area contributed by atoms with Gasteiger partial charge in [-0.05, 0) is 44.9 Å². The molecule has 29 heavy (non-hydrogen) atoms. The fourth-order valence-corrected chi connectivity index (χ4v) is 3.17. The van der Waals surface area contributed by atoms with Gasteiger partial charge in [0.05, 0.1) is 19.1 Å². The highest BCUT2D eigenvalue weighted by Crippen LogP contribution is 2.18. The molecule has 2 aromatic carbocycles. The monoisotopic (exact) mass is 395 g/mol. The minimum atomic E-state index is -0.285. The topological polar surface area (TPSA) is 61.4 Å². The third kappa shape index (κ3) is 8.48. The van der Waals surface area contributed by atoms with E-state index in [-0.39, 0.29) is 36.5 Å². The number of hydrogen-bond donors (Lipinski definition) is 2. The van der Waals surface area contributed by atoms with Gasteiger partial charge in [0.15, 0.2) is 0 Å². The van der Waals surface area contributed by atoms with Gasteiger partial charge in [-0.15, -0.1) is 0 Å². The Morgan fingerprint density at radius 1 is 0.897 bits per heavy atom. The second-order valence-corrected chi connectivity index (χ2v) is 8.32. The molecule has 2 amide bonds. The summed E-state index contributed by atoms with van der Waals surface area (Å²) in [4.78, 5) is 26.8. The Balaban J connectivity index is 2.01. The first-order chi connectivity index (χ1) is 13.8. The number of nitrogens with zero attached hydrogens (tertiary/aromatic N) is 1. The van der Waals surface area contributed by atoms with Gasteiger partial charge in [-0.1, -0.05) is 67.6 Å². The molecular weight excluding hydrogens is 362 g/mol. The smallest absolute Gasteiger partial charge is 0.234 e. The number of rotatable bonds is 9. The van der Waals surface area contributed by atoms with Crippen LogP contribution >= 0.6 is 0 Å². The van der Waals surface area contributed by atoms with Crippen LogP contribution in [0.3, 0.4) is 0 Å². The highest BCUT2D eigenvalue weighted by Gasteiger charge is 2.20. The van der Waals surface area contributed by atoms with Crippen LogP contribution in [0.5, 0.6) is 0 Å². The molecule has 0 aliphatic heterocycles. The van der Waals surface area contributed by atoms with Crippen molar-refractivity contribution in [2.75, 3.05) is 19.6 Å². The molecule has 0 saturated carbocycles. The van der Waals surface area contributed by atoms with Crippen LogP contribution in [0.25, 0.3) is 0 Å². The van der Waals surface area contributed by atoms with Gasteiger partial charge < -0.3 is 10.6 Å². The number of amides is 2. The van der Waals surface area contributed by atoms with Crippen molar-refractivity contribution in [1.29, 1.82) is 0 Å². The maximum Gasteiger partial charge on any atom is 0.234 e. The van der Waals surface area contributed by atoms with Crippen LogP contribution in [0, 0.1) is 0 Å². The second kappa shape index (κ2) is 10.8. The van der Waals surface area contributed by atoms with E-state index in [0.29, 0.717) is 13.0 Å². The zero-order valence-corrected chi connectivity index (χ0v) is 17.9. The molecule has 1 atom stereocenters. The summed E-state index contributed by atoms with van der Waals surface area (Å²) in [7, 11) is 0. The van der Waals surface area contributed by atoms with E-state index in [4.69, 9.17) is 0 Å². The van der Waals surface area contributed by atoms with Crippen molar-refractivity contribution >= 4 is 11.8 Å². The average Bonchev–Trinajstić information content (AvgIpc) is 2.67. The first-order valence-electron chi connectivity index (χ1n) is 10.2. The summed E-state index contributed by atoms with van der Waals surface area (Å²) in [5.41, 5.74) is 1.95. The van der Waals surface area contributed by atoms with E-state index in [9.17, 15) is 9.59 Å². The van der Waals surface area contributed by atoms with Crippen LogP contribution < -0.4 is 10.6 Å². The normalized spacial score (nSPS) is 12.4. The van der Waals surface area contributed by atoms with Gasteiger partial charge in [-0.2, -0.15) is 0 Å². The number of nitrogens with one attached hydrogen (secondary N) is 2. The first kappa shape index (κ1) is 22.6. The Morgan fingerprint density at radius 2 is 1.45 bits per heavy atom. The van der Waals surface area contributed by atoms with Crippen LogP contribution in [-0.2, 0) is 16.0 Å². The van der Waals surface area contributed by atoms with Gasteiger partial charge in [-0.3, -0.25) is 14.5 Å². The molecule has 2 aromatic rings. The van der Waals surface area contributed by atoms with Gasteiger partial charge >= 0.3 is 0 Å². The molecule has 0 spiro atoms. The van der Waals surface area contributed by atoms with Crippen LogP contribution in [0.1, 0.15) is 44.9 Å². The Labute approximate surface area is 174 Å². The summed E-state index contributed by atoms with van der Waals surface area (Å²) >= 11 is 0. The quantitative estimate of drug-likeness (QED) is 0.685. The Morgan fingerprint density at radius 3 is 2.00 bits per heavy atom. The number of benzene rings is 2. The third-order valence-corrected chi connectivity index (χ3v) is 4.52. The molecular formula is C24H33N3O2. The Hall–Kier alpha value is -2.66. The van der Waals surface area contributed by atoms with Crippen LogP contribution in [0.4, 0.5) is 0 Å². The molecule has 0 radical (unpaired) electrons. The van der Waals surface area contributed by atoms with Crippen molar-refractivity contribution < 1.29 is 9.59 Å². The highest BCUT2D eigenvalue weighted by atomic mass is 16.2. The molecule has 5 heteroatoms. The highest BCUT2D eigenvalue weighted by molar-refractivity contribution is 5.81. The summed E-state index contributed by atoms with van der Waals surface area (Å²) in [5.74, 6) is -0.156. The maximum absolute atomic E-state index is 12.8. The van der Waals surface area contributed by atoms with Gasteiger partial charge in [0.1, 0.15) is 0 Å². The lowest BCUT2D eigenvalue weighted by Gasteiger charge is -2.25. The van der Waals surface area contributed by atoms with Crippen molar-refractivity contribution in [3.8, 4) is 0 Å². The predicted octanol–water partition coefficient (Wildman–Crippen LogP) is 3.32. The molecule has 0 aliphatic rings. The Kier molecular flexibility index (Phi) is 8.40. The molecule has 156 valence electrons. The molecule has 5 nitrogen and oxygen atoms in total. The van der Waals surface area contributed by atoms with E-state index in [1.807, 2.05) is 81.1 Å². The van der Waals surface area contributed by atoms with Crippen molar-refractivity contribution in [3.63, 3.8) is 0 Å². The fourth-order valence-electron chi connectivity index (χ4n) is 3.17. The summed E-state index contributed by atoms with van der Waals surface area (Å²) in [6, 6.07) is 20.0. The summed E-state index contributed by atoms with van der Waals surface area (Å²) in [5, 5.41) is 6.10. The number of carbonyl (C=O) groups excluding carboxylic acids is 2. The van der Waals surface area contributed by atoms with E-state index in [1.54, 1.807) is 0 Å². The molecule has 2 N–H and O–H groups in total. The molecule has 0 fully saturated rings. The largest absolute Gasteiger partial charge is 0.350 e. The number of carbonyl (C=O) groups is 2. The standard InChI is InChI=1S/C24H33N3O2/c1-5-27(18-23(29)26-24(2,3)4)17-22(28)25-21(20-14-10-7-11-15-20)16-19-12-8-6-9-13-19/h6-15,21H,5,16-18H2,1-4H3,(H,25,28)(H,26,29)/t21-/m0/s1. The summed E-state index contributed by atoms with van der Waals surface area (Å²) in [6.07, 6.45) is 0.716. The van der Waals surface area contributed by atoms with Crippen molar-refractivity contribution in [1.82, 2.24) is 15.5 Å². The van der Waals surface area contributed by atoms with E-state index in [1.165, 1.54) is 5.56 Å². The molecule has 0 saturated heterocycles. The minimum Gasteiger partial charge on any atom is -0.350 e. The zero-order valence-electron chi connectivity index (χ0n) is 17.9. The van der Waals surface area contributed by atoms with Crippen molar-refractivity contribution in [2.45, 2.75) is 45.7 Å². The van der Waals surface area contributed by atoms with E-state index in [2.05, 4.69) is 22.8 Å². The van der Waals surface area contributed by atoms with Gasteiger partial charge in [-0.25, -0.2) is 0 Å². The van der Waals surface area contributed by atoms with Gasteiger partial charge in [0.2, 0.25) is 11.8 Å². The van der Waals surface area contributed by atoms with Gasteiger partial charge in [0, 0.05) is 5.54 Å². The summed E-state index contributed by atoms with van der Waals surface area (Å²) in [6.45, 7) is 8.81. The lowest BCUT2D eigenvalue weighted by Crippen LogP contribution is -2.48. The van der Waals surface area contributed by atoms with Crippen molar-refractivity contribution in [2.24, 2.45) is 0 Å². The molecule has 0 aliphatic carbocycles. The average molecular weight is 396 g/mol. The lowest BCUT2D eigenvalue weighted by atomic mass is 9.99. The predicted molar refractivity (Wildman–Crippen MR) is 117 cm³/mol. The lowest BCUT2D eigenvalue weighted by molar-refractivity contribution is -0.126. The first-order valence-corrected chi connectivity index (χ1v) is 10.2. The van der Waals surface area contributed by atoms with Crippen LogP contribution in [0.2, 0.25) is 0 Å². The molecule has 2 rings (SSSR count). The van der Waals surface area contributed by atoms with E-state index in [0.717, 1.165) is 5.56 Å². The zero-order chi connectivity index (χ0) is 21.3. The Bertz CT molecular complexity index is 770.